The van der Waals surface area contributed by atoms with Crippen LogP contribution in [0.5, 0.6) is 5.75 Å². The summed E-state index contributed by atoms with van der Waals surface area (Å²) >= 11 is 0. The second-order valence-electron chi connectivity index (χ2n) is 6.38. The number of rotatable bonds is 4. The van der Waals surface area contributed by atoms with E-state index in [-0.39, 0.29) is 0 Å². The van der Waals surface area contributed by atoms with Gasteiger partial charge in [0.25, 0.3) is 0 Å². The zero-order valence-electron chi connectivity index (χ0n) is 14.5. The highest BCUT2D eigenvalue weighted by atomic mass is 16.3. The maximum absolute atomic E-state index is 10.7. The lowest BCUT2D eigenvalue weighted by Crippen LogP contribution is -1.96. The third-order valence-corrected chi connectivity index (χ3v) is 4.66. The lowest BCUT2D eigenvalue weighted by atomic mass is 9.87. The van der Waals surface area contributed by atoms with Crippen molar-refractivity contribution in [1.82, 2.24) is 0 Å². The van der Waals surface area contributed by atoms with Gasteiger partial charge in [-0.1, -0.05) is 97.1 Å². The second kappa shape index (κ2) is 7.28. The molecule has 1 nitrogen and oxygen atoms in total. The van der Waals surface area contributed by atoms with Crippen LogP contribution in [-0.4, -0.2) is 5.11 Å². The van der Waals surface area contributed by atoms with Gasteiger partial charge in [-0.15, -0.1) is 0 Å². The first-order valence-corrected chi connectivity index (χ1v) is 8.82. The predicted molar refractivity (Wildman–Crippen MR) is 108 cm³/mol. The van der Waals surface area contributed by atoms with Crippen molar-refractivity contribution in [3.8, 4) is 28.0 Å². The van der Waals surface area contributed by atoms with Crippen molar-refractivity contribution in [3.63, 3.8) is 0 Å². The van der Waals surface area contributed by atoms with E-state index in [2.05, 4.69) is 36.4 Å². The molecule has 26 heavy (non-hydrogen) atoms. The standard InChI is InChI=1S/C25H20O/c26-24-17-16-22(20-12-6-2-7-13-20)25(21-14-8-3-9-15-21)23(24)18-19-10-4-1-5-11-19/h1-17,26H,18H2. The molecule has 0 fully saturated rings. The molecule has 4 aromatic rings. The van der Waals surface area contributed by atoms with Crippen LogP contribution in [0.4, 0.5) is 0 Å². The van der Waals surface area contributed by atoms with E-state index < -0.39 is 0 Å². The predicted octanol–water partition coefficient (Wildman–Crippen LogP) is 6.32. The molecule has 1 N–H and O–H groups in total. The molecule has 1 heteroatoms. The second-order valence-corrected chi connectivity index (χ2v) is 6.38. The SMILES string of the molecule is Oc1ccc(-c2ccccc2)c(-c2ccccc2)c1Cc1ccccc1. The molecule has 126 valence electrons. The largest absolute Gasteiger partial charge is 0.508 e. The number of aromatic hydroxyl groups is 1. The molecule has 0 aliphatic heterocycles. The molecule has 0 heterocycles. The van der Waals surface area contributed by atoms with Crippen molar-refractivity contribution in [2.45, 2.75) is 6.42 Å². The number of phenolic OH excluding ortho intramolecular Hbond substituents is 1. The van der Waals surface area contributed by atoms with Gasteiger partial charge in [-0.05, 0) is 33.9 Å². The summed E-state index contributed by atoms with van der Waals surface area (Å²) in [6.07, 6.45) is 0.692. The molecule has 0 aromatic heterocycles. The van der Waals surface area contributed by atoms with Crippen LogP contribution in [0.25, 0.3) is 22.3 Å². The highest BCUT2D eigenvalue weighted by Crippen LogP contribution is 2.40. The van der Waals surface area contributed by atoms with Gasteiger partial charge < -0.3 is 5.11 Å². The van der Waals surface area contributed by atoms with Crippen molar-refractivity contribution < 1.29 is 5.11 Å². The first-order chi connectivity index (χ1) is 12.8. The number of hydrogen-bond acceptors (Lipinski definition) is 1. The Labute approximate surface area is 154 Å². The fourth-order valence-corrected chi connectivity index (χ4v) is 3.41. The zero-order chi connectivity index (χ0) is 17.8. The summed E-state index contributed by atoms with van der Waals surface area (Å²) in [7, 11) is 0. The molecular formula is C25H20O. The van der Waals surface area contributed by atoms with Crippen molar-refractivity contribution >= 4 is 0 Å². The van der Waals surface area contributed by atoms with Crippen molar-refractivity contribution in [2.75, 3.05) is 0 Å². The first kappa shape index (κ1) is 16.2. The molecule has 0 saturated carbocycles. The molecule has 0 bridgehead atoms. The lowest BCUT2D eigenvalue weighted by Gasteiger charge is -2.17. The van der Waals surface area contributed by atoms with Gasteiger partial charge in [0.1, 0.15) is 5.75 Å². The van der Waals surface area contributed by atoms with Crippen LogP contribution in [0, 0.1) is 0 Å². The number of phenols is 1. The quantitative estimate of drug-likeness (QED) is 0.462. The summed E-state index contributed by atoms with van der Waals surface area (Å²) in [6, 6.07) is 34.8. The maximum atomic E-state index is 10.7. The molecule has 0 radical (unpaired) electrons. The van der Waals surface area contributed by atoms with E-state index in [1.807, 2.05) is 66.7 Å². The fourth-order valence-electron chi connectivity index (χ4n) is 3.41. The molecule has 0 saturated heterocycles. The Hall–Kier alpha value is -3.32. The molecular weight excluding hydrogens is 316 g/mol. The molecule has 0 aliphatic rings. The average Bonchev–Trinajstić information content (AvgIpc) is 2.71. The minimum atomic E-state index is 0.340. The van der Waals surface area contributed by atoms with E-state index in [0.717, 1.165) is 27.8 Å². The van der Waals surface area contributed by atoms with Crippen molar-refractivity contribution in [1.29, 1.82) is 0 Å². The summed E-state index contributed by atoms with van der Waals surface area (Å²) in [5.41, 5.74) is 6.66. The molecule has 0 amide bonds. The van der Waals surface area contributed by atoms with Crippen LogP contribution in [-0.2, 0) is 6.42 Å². The van der Waals surface area contributed by atoms with Crippen molar-refractivity contribution in [2.24, 2.45) is 0 Å². The highest BCUT2D eigenvalue weighted by molar-refractivity contribution is 5.87. The van der Waals surface area contributed by atoms with E-state index in [1.165, 1.54) is 5.56 Å². The van der Waals surface area contributed by atoms with Crippen LogP contribution in [0.2, 0.25) is 0 Å². The minimum absolute atomic E-state index is 0.340. The van der Waals surface area contributed by atoms with Gasteiger partial charge >= 0.3 is 0 Å². The van der Waals surface area contributed by atoms with E-state index in [9.17, 15) is 5.11 Å². The summed E-state index contributed by atoms with van der Waals surface area (Å²) in [5, 5.41) is 10.7. The van der Waals surface area contributed by atoms with Gasteiger partial charge in [-0.3, -0.25) is 0 Å². The molecule has 0 aliphatic carbocycles. The van der Waals surface area contributed by atoms with Gasteiger partial charge in [-0.2, -0.15) is 0 Å². The minimum Gasteiger partial charge on any atom is -0.508 e. The Morgan fingerprint density at radius 2 is 1.08 bits per heavy atom. The first-order valence-electron chi connectivity index (χ1n) is 8.82. The number of benzene rings is 4. The van der Waals surface area contributed by atoms with Crippen LogP contribution < -0.4 is 0 Å². The lowest BCUT2D eigenvalue weighted by molar-refractivity contribution is 0.470. The van der Waals surface area contributed by atoms with Gasteiger partial charge in [0, 0.05) is 12.0 Å². The van der Waals surface area contributed by atoms with Crippen LogP contribution in [0.15, 0.2) is 103 Å². The summed E-state index contributed by atoms with van der Waals surface area (Å²) in [6.45, 7) is 0. The van der Waals surface area contributed by atoms with Gasteiger partial charge in [-0.25, -0.2) is 0 Å². The summed E-state index contributed by atoms with van der Waals surface area (Å²) < 4.78 is 0. The molecule has 0 unspecified atom stereocenters. The Kier molecular flexibility index (Phi) is 4.53. The third-order valence-electron chi connectivity index (χ3n) is 4.66. The van der Waals surface area contributed by atoms with Crippen LogP contribution >= 0.6 is 0 Å². The summed E-state index contributed by atoms with van der Waals surface area (Å²) in [5.74, 6) is 0.340. The molecule has 4 aromatic carbocycles. The van der Waals surface area contributed by atoms with Crippen LogP contribution in [0.3, 0.4) is 0 Å². The third kappa shape index (κ3) is 3.25. The van der Waals surface area contributed by atoms with Crippen molar-refractivity contribution in [3.05, 3.63) is 114 Å². The van der Waals surface area contributed by atoms with E-state index in [1.54, 1.807) is 0 Å². The Morgan fingerprint density at radius 1 is 0.538 bits per heavy atom. The summed E-state index contributed by atoms with van der Waals surface area (Å²) in [4.78, 5) is 0. The Morgan fingerprint density at radius 3 is 1.69 bits per heavy atom. The van der Waals surface area contributed by atoms with Gasteiger partial charge in [0.05, 0.1) is 0 Å². The van der Waals surface area contributed by atoms with Gasteiger partial charge in [0.2, 0.25) is 0 Å². The highest BCUT2D eigenvalue weighted by Gasteiger charge is 2.16. The normalized spacial score (nSPS) is 10.6. The van der Waals surface area contributed by atoms with E-state index in [4.69, 9.17) is 0 Å². The van der Waals surface area contributed by atoms with Crippen LogP contribution in [0.1, 0.15) is 11.1 Å². The maximum Gasteiger partial charge on any atom is 0.119 e. The topological polar surface area (TPSA) is 20.2 Å². The molecule has 0 spiro atoms. The Bertz CT molecular complexity index is 990. The zero-order valence-corrected chi connectivity index (χ0v) is 14.5. The van der Waals surface area contributed by atoms with E-state index >= 15 is 0 Å². The number of hydrogen-bond donors (Lipinski definition) is 1. The fraction of sp³-hybridized carbons (Fsp3) is 0.0400. The molecule has 0 atom stereocenters. The average molecular weight is 336 g/mol. The Balaban J connectivity index is 1.95. The smallest absolute Gasteiger partial charge is 0.119 e. The van der Waals surface area contributed by atoms with Gasteiger partial charge in [0.15, 0.2) is 0 Å². The monoisotopic (exact) mass is 336 g/mol. The van der Waals surface area contributed by atoms with E-state index in [0.29, 0.717) is 12.2 Å². The molecule has 4 rings (SSSR count).